The second-order valence-electron chi connectivity index (χ2n) is 4.64. The summed E-state index contributed by atoms with van der Waals surface area (Å²) >= 11 is 1.40. The van der Waals surface area contributed by atoms with E-state index in [1.165, 1.54) is 11.3 Å². The molecule has 0 spiro atoms. The first-order valence-electron chi connectivity index (χ1n) is 5.93. The van der Waals surface area contributed by atoms with Crippen molar-refractivity contribution in [1.29, 1.82) is 0 Å². The molecule has 1 aliphatic heterocycles. The van der Waals surface area contributed by atoms with Crippen LogP contribution in [0, 0.1) is 0 Å². The van der Waals surface area contributed by atoms with Gasteiger partial charge in [0, 0.05) is 37.1 Å². The average Bonchev–Trinajstić information content (AvgIpc) is 2.76. The van der Waals surface area contributed by atoms with Gasteiger partial charge >= 0.3 is 0 Å². The van der Waals surface area contributed by atoms with E-state index in [0.29, 0.717) is 11.4 Å². The third kappa shape index (κ3) is 2.46. The molecular weight excluding hydrogens is 270 g/mol. The standard InChI is InChI=1S/C11H19N3O2S2/c1-9-8-13(2)4-5-14(9)18(15,16)11-3-6-17-10(11)7-12/h3,6,9H,4-5,7-8,12H2,1-2H3. The Morgan fingerprint density at radius 1 is 1.50 bits per heavy atom. The molecule has 2 rings (SSSR count). The van der Waals surface area contributed by atoms with Crippen LogP contribution in [-0.2, 0) is 16.6 Å². The zero-order valence-corrected chi connectivity index (χ0v) is 12.3. The van der Waals surface area contributed by atoms with Gasteiger partial charge in [-0.25, -0.2) is 8.42 Å². The summed E-state index contributed by atoms with van der Waals surface area (Å²) in [5, 5.41) is 1.79. The maximum Gasteiger partial charge on any atom is 0.244 e. The fourth-order valence-corrected chi connectivity index (χ4v) is 5.24. The first kappa shape index (κ1) is 14.0. The van der Waals surface area contributed by atoms with Gasteiger partial charge in [-0.2, -0.15) is 4.31 Å². The molecule has 1 aromatic rings. The van der Waals surface area contributed by atoms with E-state index in [2.05, 4.69) is 4.90 Å². The quantitative estimate of drug-likeness (QED) is 0.881. The van der Waals surface area contributed by atoms with E-state index in [1.54, 1.807) is 15.8 Å². The molecule has 1 aromatic heterocycles. The lowest BCUT2D eigenvalue weighted by Crippen LogP contribution is -2.52. The van der Waals surface area contributed by atoms with Crippen molar-refractivity contribution in [3.63, 3.8) is 0 Å². The second kappa shape index (κ2) is 5.26. The molecule has 2 heterocycles. The fourth-order valence-electron chi connectivity index (χ4n) is 2.31. The molecule has 0 amide bonds. The van der Waals surface area contributed by atoms with Crippen LogP contribution in [0.2, 0.25) is 0 Å². The molecule has 1 saturated heterocycles. The Morgan fingerprint density at radius 3 is 2.83 bits per heavy atom. The summed E-state index contributed by atoms with van der Waals surface area (Å²) in [5.41, 5.74) is 5.60. The summed E-state index contributed by atoms with van der Waals surface area (Å²) in [6.45, 7) is 4.29. The van der Waals surface area contributed by atoms with Crippen LogP contribution < -0.4 is 5.73 Å². The van der Waals surface area contributed by atoms with Crippen molar-refractivity contribution in [3.05, 3.63) is 16.3 Å². The van der Waals surface area contributed by atoms with E-state index in [0.717, 1.165) is 18.0 Å². The third-order valence-electron chi connectivity index (χ3n) is 3.25. The Labute approximate surface area is 112 Å². The number of piperazine rings is 1. The van der Waals surface area contributed by atoms with Gasteiger partial charge in [0.15, 0.2) is 0 Å². The highest BCUT2D eigenvalue weighted by Gasteiger charge is 2.34. The van der Waals surface area contributed by atoms with E-state index in [-0.39, 0.29) is 12.6 Å². The first-order chi connectivity index (χ1) is 8.46. The van der Waals surface area contributed by atoms with Gasteiger partial charge in [-0.3, -0.25) is 0 Å². The third-order valence-corrected chi connectivity index (χ3v) is 6.42. The van der Waals surface area contributed by atoms with Crippen LogP contribution in [0.25, 0.3) is 0 Å². The Hall–Kier alpha value is -0.470. The minimum absolute atomic E-state index is 0.000672. The van der Waals surface area contributed by atoms with E-state index in [1.807, 2.05) is 14.0 Å². The number of sulfonamides is 1. The lowest BCUT2D eigenvalue weighted by Gasteiger charge is -2.37. The summed E-state index contributed by atoms with van der Waals surface area (Å²) in [6.07, 6.45) is 0. The lowest BCUT2D eigenvalue weighted by atomic mass is 10.2. The smallest absolute Gasteiger partial charge is 0.244 e. The molecule has 0 aliphatic carbocycles. The number of rotatable bonds is 3. The molecule has 7 heteroatoms. The summed E-state index contributed by atoms with van der Waals surface area (Å²) in [6, 6.07) is 1.66. The number of likely N-dealkylation sites (N-methyl/N-ethyl adjacent to an activating group) is 1. The molecule has 5 nitrogen and oxygen atoms in total. The molecule has 102 valence electrons. The largest absolute Gasteiger partial charge is 0.326 e. The van der Waals surface area contributed by atoms with Crippen molar-refractivity contribution < 1.29 is 8.42 Å². The number of hydrogen-bond acceptors (Lipinski definition) is 5. The fraction of sp³-hybridized carbons (Fsp3) is 0.636. The highest BCUT2D eigenvalue weighted by molar-refractivity contribution is 7.89. The zero-order valence-electron chi connectivity index (χ0n) is 10.7. The normalized spacial score (nSPS) is 23.4. The van der Waals surface area contributed by atoms with Crippen LogP contribution in [0.4, 0.5) is 0 Å². The van der Waals surface area contributed by atoms with Crippen LogP contribution in [0.15, 0.2) is 16.3 Å². The van der Waals surface area contributed by atoms with E-state index in [4.69, 9.17) is 5.73 Å². The molecule has 0 aromatic carbocycles. The van der Waals surface area contributed by atoms with Crippen LogP contribution >= 0.6 is 11.3 Å². The SMILES string of the molecule is CC1CN(C)CCN1S(=O)(=O)c1ccsc1CN. The van der Waals surface area contributed by atoms with Gasteiger partial charge in [-0.05, 0) is 25.4 Å². The van der Waals surface area contributed by atoms with Gasteiger partial charge in [-0.15, -0.1) is 11.3 Å². The summed E-state index contributed by atoms with van der Waals surface area (Å²) in [4.78, 5) is 3.27. The number of nitrogens with two attached hydrogens (primary N) is 1. The maximum absolute atomic E-state index is 12.6. The Kier molecular flexibility index (Phi) is 4.08. The van der Waals surface area contributed by atoms with Crippen molar-refractivity contribution in [3.8, 4) is 0 Å². The van der Waals surface area contributed by atoms with Crippen LogP contribution in [0.3, 0.4) is 0 Å². The minimum Gasteiger partial charge on any atom is -0.326 e. The Morgan fingerprint density at radius 2 is 2.22 bits per heavy atom. The highest BCUT2D eigenvalue weighted by atomic mass is 32.2. The molecule has 18 heavy (non-hydrogen) atoms. The predicted octanol–water partition coefficient (Wildman–Crippen LogP) is 0.531. The molecule has 0 saturated carbocycles. The van der Waals surface area contributed by atoms with Gasteiger partial charge in [-0.1, -0.05) is 0 Å². The lowest BCUT2D eigenvalue weighted by molar-refractivity contribution is 0.170. The molecule has 1 fully saturated rings. The van der Waals surface area contributed by atoms with Gasteiger partial charge < -0.3 is 10.6 Å². The average molecular weight is 289 g/mol. The topological polar surface area (TPSA) is 66.6 Å². The predicted molar refractivity (Wildman–Crippen MR) is 73.1 cm³/mol. The van der Waals surface area contributed by atoms with Crippen molar-refractivity contribution in [2.24, 2.45) is 5.73 Å². The van der Waals surface area contributed by atoms with Crippen molar-refractivity contribution in [2.75, 3.05) is 26.7 Å². The number of hydrogen-bond donors (Lipinski definition) is 1. The molecular formula is C11H19N3O2S2. The summed E-state index contributed by atoms with van der Waals surface area (Å²) in [7, 11) is -1.39. The monoisotopic (exact) mass is 289 g/mol. The van der Waals surface area contributed by atoms with E-state index in [9.17, 15) is 8.42 Å². The highest BCUT2D eigenvalue weighted by Crippen LogP contribution is 2.27. The van der Waals surface area contributed by atoms with Crippen LogP contribution in [0.5, 0.6) is 0 Å². The number of nitrogens with zero attached hydrogens (tertiary/aromatic N) is 2. The summed E-state index contributed by atoms with van der Waals surface area (Å²) in [5.74, 6) is 0. The number of thiophene rings is 1. The minimum atomic E-state index is -3.40. The Balaban J connectivity index is 2.31. The Bertz CT molecular complexity index is 512. The van der Waals surface area contributed by atoms with Crippen molar-refractivity contribution in [1.82, 2.24) is 9.21 Å². The summed E-state index contributed by atoms with van der Waals surface area (Å²) < 4.78 is 26.8. The first-order valence-corrected chi connectivity index (χ1v) is 8.25. The zero-order chi connectivity index (χ0) is 13.3. The van der Waals surface area contributed by atoms with Gasteiger partial charge in [0.1, 0.15) is 0 Å². The molecule has 0 radical (unpaired) electrons. The molecule has 1 unspecified atom stereocenters. The van der Waals surface area contributed by atoms with Gasteiger partial charge in [0.2, 0.25) is 10.0 Å². The van der Waals surface area contributed by atoms with Crippen LogP contribution in [0.1, 0.15) is 11.8 Å². The van der Waals surface area contributed by atoms with Crippen molar-refractivity contribution >= 4 is 21.4 Å². The van der Waals surface area contributed by atoms with Crippen molar-refractivity contribution in [2.45, 2.75) is 24.4 Å². The van der Waals surface area contributed by atoms with Crippen LogP contribution in [-0.4, -0.2) is 50.3 Å². The maximum atomic E-state index is 12.6. The molecule has 2 N–H and O–H groups in total. The molecule has 0 bridgehead atoms. The van der Waals surface area contributed by atoms with E-state index >= 15 is 0 Å². The molecule has 1 atom stereocenters. The molecule has 1 aliphatic rings. The van der Waals surface area contributed by atoms with Gasteiger partial charge in [0.25, 0.3) is 0 Å². The van der Waals surface area contributed by atoms with E-state index < -0.39 is 10.0 Å². The van der Waals surface area contributed by atoms with Gasteiger partial charge in [0.05, 0.1) is 4.90 Å². The second-order valence-corrected chi connectivity index (χ2v) is 7.50.